The fourth-order valence-corrected chi connectivity index (χ4v) is 2.82. The first-order valence-electron chi connectivity index (χ1n) is 8.79. The van der Waals surface area contributed by atoms with Gasteiger partial charge in [0.25, 0.3) is 11.5 Å². The van der Waals surface area contributed by atoms with Crippen LogP contribution in [0.5, 0.6) is 17.2 Å². The molecule has 0 aliphatic carbocycles. The molecule has 0 atom stereocenters. The number of nitrogens with zero attached hydrogens (tertiary/aromatic N) is 1. The SMILES string of the molecule is COc1cc(CNC(=O)c2cc(=O)[nH]c(-c3ccccc3)n2)cc(OC)c1OC. The zero-order valence-electron chi connectivity index (χ0n) is 16.3. The molecule has 0 saturated carbocycles. The van der Waals surface area contributed by atoms with Crippen LogP contribution < -0.4 is 25.1 Å². The summed E-state index contributed by atoms with van der Waals surface area (Å²) in [6.07, 6.45) is 0. The summed E-state index contributed by atoms with van der Waals surface area (Å²) in [7, 11) is 4.56. The Bertz CT molecular complexity index is 1040. The monoisotopic (exact) mass is 395 g/mol. The van der Waals surface area contributed by atoms with E-state index in [0.717, 1.165) is 11.6 Å². The molecule has 3 rings (SSSR count). The molecule has 0 spiro atoms. The van der Waals surface area contributed by atoms with Gasteiger partial charge in [0.05, 0.1) is 21.3 Å². The Labute approximate surface area is 167 Å². The van der Waals surface area contributed by atoms with Crippen LogP contribution in [0.2, 0.25) is 0 Å². The van der Waals surface area contributed by atoms with Gasteiger partial charge in [-0.1, -0.05) is 30.3 Å². The van der Waals surface area contributed by atoms with E-state index in [2.05, 4.69) is 15.3 Å². The normalized spacial score (nSPS) is 10.3. The highest BCUT2D eigenvalue weighted by atomic mass is 16.5. The lowest BCUT2D eigenvalue weighted by atomic mass is 10.1. The third-order valence-electron chi connectivity index (χ3n) is 4.20. The van der Waals surface area contributed by atoms with Crippen LogP contribution in [0.4, 0.5) is 0 Å². The molecule has 29 heavy (non-hydrogen) atoms. The van der Waals surface area contributed by atoms with Crippen molar-refractivity contribution in [2.45, 2.75) is 6.54 Å². The van der Waals surface area contributed by atoms with Gasteiger partial charge in [-0.25, -0.2) is 4.98 Å². The molecule has 0 fully saturated rings. The first-order chi connectivity index (χ1) is 14.0. The van der Waals surface area contributed by atoms with Crippen molar-refractivity contribution in [2.75, 3.05) is 21.3 Å². The Morgan fingerprint density at radius 3 is 2.24 bits per heavy atom. The number of aromatic nitrogens is 2. The molecule has 1 heterocycles. The molecular formula is C21H21N3O5. The van der Waals surface area contributed by atoms with Crippen LogP contribution in [0, 0.1) is 0 Å². The van der Waals surface area contributed by atoms with Crippen LogP contribution in [0.1, 0.15) is 16.1 Å². The summed E-state index contributed by atoms with van der Waals surface area (Å²) in [5, 5.41) is 2.76. The number of ether oxygens (including phenoxy) is 3. The second kappa shape index (κ2) is 8.92. The zero-order chi connectivity index (χ0) is 20.8. The molecule has 2 N–H and O–H groups in total. The van der Waals surface area contributed by atoms with Crippen molar-refractivity contribution in [2.24, 2.45) is 0 Å². The number of aromatic amines is 1. The molecule has 0 unspecified atom stereocenters. The maximum atomic E-state index is 12.6. The van der Waals surface area contributed by atoms with Crippen molar-refractivity contribution in [3.63, 3.8) is 0 Å². The van der Waals surface area contributed by atoms with Crippen LogP contribution in [0.3, 0.4) is 0 Å². The van der Waals surface area contributed by atoms with Crippen molar-refractivity contribution < 1.29 is 19.0 Å². The first-order valence-corrected chi connectivity index (χ1v) is 8.79. The van der Waals surface area contributed by atoms with E-state index in [1.165, 1.54) is 21.3 Å². The van der Waals surface area contributed by atoms with E-state index in [1.54, 1.807) is 24.3 Å². The molecule has 0 saturated heterocycles. The van der Waals surface area contributed by atoms with Crippen molar-refractivity contribution in [1.29, 1.82) is 0 Å². The Morgan fingerprint density at radius 2 is 1.66 bits per heavy atom. The van der Waals surface area contributed by atoms with E-state index in [1.807, 2.05) is 18.2 Å². The van der Waals surface area contributed by atoms with Gasteiger partial charge in [0.1, 0.15) is 11.5 Å². The Morgan fingerprint density at radius 1 is 1.00 bits per heavy atom. The Balaban J connectivity index is 1.81. The molecule has 3 aromatic rings. The van der Waals surface area contributed by atoms with Crippen molar-refractivity contribution in [1.82, 2.24) is 15.3 Å². The lowest BCUT2D eigenvalue weighted by molar-refractivity contribution is 0.0945. The van der Waals surface area contributed by atoms with Gasteiger partial charge in [-0.3, -0.25) is 9.59 Å². The number of methoxy groups -OCH3 is 3. The van der Waals surface area contributed by atoms with Crippen LogP contribution in [0.15, 0.2) is 53.3 Å². The summed E-state index contributed by atoms with van der Waals surface area (Å²) in [6.45, 7) is 0.185. The molecule has 0 bridgehead atoms. The van der Waals surface area contributed by atoms with Gasteiger partial charge >= 0.3 is 0 Å². The summed E-state index contributed by atoms with van der Waals surface area (Å²) in [5.41, 5.74) is 1.07. The minimum absolute atomic E-state index is 0.0278. The number of amides is 1. The number of benzene rings is 2. The van der Waals surface area contributed by atoms with Gasteiger partial charge in [0.15, 0.2) is 11.5 Å². The summed E-state index contributed by atoms with van der Waals surface area (Å²) in [4.78, 5) is 31.5. The predicted octanol–water partition coefficient (Wildman–Crippen LogP) is 2.39. The van der Waals surface area contributed by atoms with E-state index in [9.17, 15) is 9.59 Å². The van der Waals surface area contributed by atoms with Crippen LogP contribution in [0.25, 0.3) is 11.4 Å². The summed E-state index contributed by atoms with van der Waals surface area (Å²) in [6, 6.07) is 13.8. The number of carbonyl (C=O) groups excluding carboxylic acids is 1. The number of hydrogen-bond donors (Lipinski definition) is 2. The Hall–Kier alpha value is -3.81. The lowest BCUT2D eigenvalue weighted by Gasteiger charge is -2.14. The first kappa shape index (κ1) is 19.9. The van der Waals surface area contributed by atoms with Gasteiger partial charge in [0, 0.05) is 18.2 Å². The van der Waals surface area contributed by atoms with Gasteiger partial charge < -0.3 is 24.5 Å². The molecule has 1 aromatic heterocycles. The molecule has 0 radical (unpaired) electrons. The highest BCUT2D eigenvalue weighted by Gasteiger charge is 2.15. The minimum Gasteiger partial charge on any atom is -0.493 e. The second-order valence-electron chi connectivity index (χ2n) is 6.06. The molecule has 8 nitrogen and oxygen atoms in total. The number of nitrogens with one attached hydrogen (secondary N) is 2. The van der Waals surface area contributed by atoms with Crippen LogP contribution in [-0.2, 0) is 6.54 Å². The van der Waals surface area contributed by atoms with Crippen molar-refractivity contribution >= 4 is 5.91 Å². The molecular weight excluding hydrogens is 374 g/mol. The molecule has 1 amide bonds. The van der Waals surface area contributed by atoms with Gasteiger partial charge in [0.2, 0.25) is 5.75 Å². The van der Waals surface area contributed by atoms with E-state index in [-0.39, 0.29) is 12.2 Å². The summed E-state index contributed by atoms with van der Waals surface area (Å²) >= 11 is 0. The second-order valence-corrected chi connectivity index (χ2v) is 6.06. The van der Waals surface area contributed by atoms with E-state index in [0.29, 0.717) is 28.6 Å². The van der Waals surface area contributed by atoms with E-state index in [4.69, 9.17) is 14.2 Å². The topological polar surface area (TPSA) is 103 Å². The molecule has 0 aliphatic heterocycles. The maximum absolute atomic E-state index is 12.6. The number of carbonyl (C=O) groups is 1. The molecule has 8 heteroatoms. The highest BCUT2D eigenvalue weighted by Crippen LogP contribution is 2.38. The number of H-pyrrole nitrogens is 1. The zero-order valence-corrected chi connectivity index (χ0v) is 16.3. The maximum Gasteiger partial charge on any atom is 0.270 e. The van der Waals surface area contributed by atoms with Gasteiger partial charge in [-0.2, -0.15) is 0 Å². The van der Waals surface area contributed by atoms with Crippen LogP contribution in [-0.4, -0.2) is 37.2 Å². The minimum atomic E-state index is -0.470. The number of rotatable bonds is 7. The van der Waals surface area contributed by atoms with Gasteiger partial charge in [-0.05, 0) is 17.7 Å². The van der Waals surface area contributed by atoms with Crippen LogP contribution >= 0.6 is 0 Å². The van der Waals surface area contributed by atoms with E-state index < -0.39 is 11.5 Å². The average molecular weight is 395 g/mol. The third-order valence-corrected chi connectivity index (χ3v) is 4.20. The molecule has 150 valence electrons. The Kier molecular flexibility index (Phi) is 6.13. The van der Waals surface area contributed by atoms with Crippen molar-refractivity contribution in [3.8, 4) is 28.6 Å². The standard InChI is InChI=1S/C21H21N3O5/c1-27-16-9-13(10-17(28-2)19(16)29-3)12-22-21(26)15-11-18(25)24-20(23-15)14-7-5-4-6-8-14/h4-11H,12H2,1-3H3,(H,22,26)(H,23,24,25). The average Bonchev–Trinajstić information content (AvgIpc) is 2.76. The highest BCUT2D eigenvalue weighted by molar-refractivity contribution is 5.92. The fourth-order valence-electron chi connectivity index (χ4n) is 2.82. The molecule has 2 aromatic carbocycles. The number of hydrogen-bond acceptors (Lipinski definition) is 6. The third kappa shape index (κ3) is 4.55. The smallest absolute Gasteiger partial charge is 0.270 e. The lowest BCUT2D eigenvalue weighted by Crippen LogP contribution is -2.26. The predicted molar refractivity (Wildman–Crippen MR) is 108 cm³/mol. The summed E-state index contributed by atoms with van der Waals surface area (Å²) < 4.78 is 15.9. The van der Waals surface area contributed by atoms with Gasteiger partial charge in [-0.15, -0.1) is 0 Å². The molecule has 0 aliphatic rings. The van der Waals surface area contributed by atoms with Crippen molar-refractivity contribution in [3.05, 3.63) is 70.1 Å². The van der Waals surface area contributed by atoms with E-state index >= 15 is 0 Å². The quantitative estimate of drug-likeness (QED) is 0.637. The summed E-state index contributed by atoms with van der Waals surface area (Å²) in [5.74, 6) is 1.29. The largest absolute Gasteiger partial charge is 0.493 e. The fraction of sp³-hybridized carbons (Fsp3) is 0.190.